The average Bonchev–Trinajstić information content (AvgIpc) is 2.18. The molecule has 0 amide bonds. The van der Waals surface area contributed by atoms with E-state index in [2.05, 4.69) is 4.74 Å². The Labute approximate surface area is 92.6 Å². The predicted molar refractivity (Wildman–Crippen MR) is 55.0 cm³/mol. The molecule has 0 aliphatic heterocycles. The first-order valence-corrected chi connectivity index (χ1v) is 4.81. The summed E-state index contributed by atoms with van der Waals surface area (Å²) in [5, 5.41) is 8.71. The number of carbonyl (C=O) groups excluding carboxylic acids is 1. The number of rotatable bonds is 4. The van der Waals surface area contributed by atoms with Crippen molar-refractivity contribution in [3.05, 3.63) is 22.8 Å². The molecular formula is C9H9Cl2NO2. The molecule has 0 aromatic heterocycles. The van der Waals surface area contributed by atoms with Crippen LogP contribution in [0.1, 0.15) is 6.92 Å². The van der Waals surface area contributed by atoms with Gasteiger partial charge in [0.1, 0.15) is 11.6 Å². The minimum Gasteiger partial charge on any atom is -0.462 e. The molecule has 76 valence electrons. The normalized spacial score (nSPS) is 12.1. The fourth-order valence-electron chi connectivity index (χ4n) is 0.723. The van der Waals surface area contributed by atoms with Crippen molar-refractivity contribution in [1.29, 1.82) is 5.26 Å². The molecule has 0 fully saturated rings. The largest absolute Gasteiger partial charge is 0.462 e. The van der Waals surface area contributed by atoms with Crippen molar-refractivity contribution < 1.29 is 9.53 Å². The van der Waals surface area contributed by atoms with Crippen LogP contribution < -0.4 is 0 Å². The van der Waals surface area contributed by atoms with Gasteiger partial charge >= 0.3 is 5.97 Å². The molecule has 0 spiro atoms. The van der Waals surface area contributed by atoms with Crippen molar-refractivity contribution >= 4 is 29.2 Å². The van der Waals surface area contributed by atoms with Crippen LogP contribution in [-0.2, 0) is 9.53 Å². The molecule has 0 atom stereocenters. The van der Waals surface area contributed by atoms with E-state index in [1.54, 1.807) is 13.0 Å². The standard InChI is InChI=1S/C9H9Cl2NO2/c1-2-14-9(13)8(6-12)7(5-11)3-4-10/h3-4H,2,5H2,1H3/b4-3?,8-7-. The molecule has 0 saturated carbocycles. The Morgan fingerprint density at radius 2 is 2.29 bits per heavy atom. The van der Waals surface area contributed by atoms with Gasteiger partial charge in [0.2, 0.25) is 0 Å². The van der Waals surface area contributed by atoms with Crippen LogP contribution in [0, 0.1) is 11.3 Å². The lowest BCUT2D eigenvalue weighted by molar-refractivity contribution is -0.138. The van der Waals surface area contributed by atoms with Crippen molar-refractivity contribution in [2.75, 3.05) is 12.5 Å². The lowest BCUT2D eigenvalue weighted by atomic mass is 10.1. The van der Waals surface area contributed by atoms with Gasteiger partial charge in [-0.25, -0.2) is 4.79 Å². The predicted octanol–water partition coefficient (Wildman–Crippen LogP) is 2.36. The van der Waals surface area contributed by atoms with Crippen LogP contribution in [0.3, 0.4) is 0 Å². The van der Waals surface area contributed by atoms with Crippen LogP contribution in [0.2, 0.25) is 0 Å². The molecule has 0 aromatic carbocycles. The second kappa shape index (κ2) is 7.43. The molecule has 0 saturated heterocycles. The van der Waals surface area contributed by atoms with Gasteiger partial charge < -0.3 is 4.74 Å². The van der Waals surface area contributed by atoms with Crippen molar-refractivity contribution in [2.45, 2.75) is 6.92 Å². The van der Waals surface area contributed by atoms with E-state index >= 15 is 0 Å². The highest BCUT2D eigenvalue weighted by Gasteiger charge is 2.13. The van der Waals surface area contributed by atoms with E-state index in [4.69, 9.17) is 28.5 Å². The van der Waals surface area contributed by atoms with Gasteiger partial charge in [-0.1, -0.05) is 11.6 Å². The lowest BCUT2D eigenvalue weighted by Gasteiger charge is -2.02. The van der Waals surface area contributed by atoms with Gasteiger partial charge in [0.15, 0.2) is 0 Å². The molecule has 0 unspecified atom stereocenters. The number of ether oxygens (including phenoxy) is 1. The summed E-state index contributed by atoms with van der Waals surface area (Å²) in [6, 6.07) is 1.73. The Balaban J connectivity index is 5.00. The zero-order chi connectivity index (χ0) is 11.0. The maximum Gasteiger partial charge on any atom is 0.349 e. The van der Waals surface area contributed by atoms with Crippen molar-refractivity contribution in [2.24, 2.45) is 0 Å². The van der Waals surface area contributed by atoms with Crippen LogP contribution in [0.5, 0.6) is 0 Å². The second-order valence-corrected chi connectivity index (χ2v) is 2.68. The first-order valence-electron chi connectivity index (χ1n) is 3.84. The number of hydrogen-bond acceptors (Lipinski definition) is 3. The van der Waals surface area contributed by atoms with Crippen LogP contribution in [0.4, 0.5) is 0 Å². The Morgan fingerprint density at radius 3 is 2.64 bits per heavy atom. The van der Waals surface area contributed by atoms with Crippen LogP contribution in [0.15, 0.2) is 22.8 Å². The van der Waals surface area contributed by atoms with Crippen molar-refractivity contribution in [1.82, 2.24) is 0 Å². The van der Waals surface area contributed by atoms with Gasteiger partial charge in [-0.05, 0) is 18.6 Å². The smallest absolute Gasteiger partial charge is 0.349 e. The molecule has 0 aliphatic rings. The fourth-order valence-corrected chi connectivity index (χ4v) is 1.10. The number of alkyl halides is 1. The summed E-state index contributed by atoms with van der Waals surface area (Å²) in [5.74, 6) is -0.648. The first-order chi connectivity index (χ1) is 6.71. The third-order valence-corrected chi connectivity index (χ3v) is 1.73. The second-order valence-electron chi connectivity index (χ2n) is 2.16. The number of halogens is 2. The van der Waals surface area contributed by atoms with E-state index in [-0.39, 0.29) is 18.1 Å². The van der Waals surface area contributed by atoms with Gasteiger partial charge in [-0.3, -0.25) is 0 Å². The fraction of sp³-hybridized carbons (Fsp3) is 0.333. The Kier molecular flexibility index (Phi) is 6.91. The molecule has 0 aromatic rings. The van der Waals surface area contributed by atoms with Gasteiger partial charge in [-0.2, -0.15) is 5.26 Å². The summed E-state index contributed by atoms with van der Waals surface area (Å²) < 4.78 is 4.67. The molecule has 0 bridgehead atoms. The summed E-state index contributed by atoms with van der Waals surface area (Å²) in [5.41, 5.74) is 1.43. The van der Waals surface area contributed by atoms with E-state index in [9.17, 15) is 4.79 Å². The third kappa shape index (κ3) is 3.82. The number of nitriles is 1. The highest BCUT2D eigenvalue weighted by molar-refractivity contribution is 6.26. The molecule has 0 heterocycles. The third-order valence-electron chi connectivity index (χ3n) is 1.32. The van der Waals surface area contributed by atoms with Gasteiger partial charge in [-0.15, -0.1) is 11.6 Å². The lowest BCUT2D eigenvalue weighted by Crippen LogP contribution is -2.09. The van der Waals surface area contributed by atoms with Crippen LogP contribution in [-0.4, -0.2) is 18.5 Å². The summed E-state index contributed by atoms with van der Waals surface area (Å²) in [6.45, 7) is 1.87. The highest BCUT2D eigenvalue weighted by Crippen LogP contribution is 2.10. The summed E-state index contributed by atoms with van der Waals surface area (Å²) >= 11 is 10.9. The number of carbonyl (C=O) groups is 1. The molecule has 3 nitrogen and oxygen atoms in total. The maximum atomic E-state index is 11.2. The van der Waals surface area contributed by atoms with E-state index in [0.717, 1.165) is 0 Å². The number of hydrogen-bond donors (Lipinski definition) is 0. The van der Waals surface area contributed by atoms with Gasteiger partial charge in [0.25, 0.3) is 0 Å². The molecule has 5 heteroatoms. The van der Waals surface area contributed by atoms with Gasteiger partial charge in [0.05, 0.1) is 6.61 Å². The summed E-state index contributed by atoms with van der Waals surface area (Å²) in [7, 11) is 0. The quantitative estimate of drug-likeness (QED) is 0.246. The first kappa shape index (κ1) is 13.0. The molecule has 0 radical (unpaired) electrons. The molecule has 0 aliphatic carbocycles. The van der Waals surface area contributed by atoms with Gasteiger partial charge in [0, 0.05) is 11.4 Å². The number of nitrogens with zero attached hydrogens (tertiary/aromatic N) is 1. The zero-order valence-electron chi connectivity index (χ0n) is 7.59. The Morgan fingerprint density at radius 1 is 1.64 bits per heavy atom. The Bertz CT molecular complexity index is 302. The summed E-state index contributed by atoms with van der Waals surface area (Å²) in [4.78, 5) is 11.2. The van der Waals surface area contributed by atoms with Crippen LogP contribution >= 0.6 is 23.2 Å². The topological polar surface area (TPSA) is 50.1 Å². The summed E-state index contributed by atoms with van der Waals surface area (Å²) in [6.07, 6.45) is 1.39. The highest BCUT2D eigenvalue weighted by atomic mass is 35.5. The van der Waals surface area contributed by atoms with Crippen molar-refractivity contribution in [3.63, 3.8) is 0 Å². The number of esters is 1. The van der Waals surface area contributed by atoms with E-state index < -0.39 is 5.97 Å². The molecule has 0 N–H and O–H groups in total. The molecular weight excluding hydrogens is 225 g/mol. The zero-order valence-corrected chi connectivity index (χ0v) is 9.10. The van der Waals surface area contributed by atoms with Crippen molar-refractivity contribution in [3.8, 4) is 6.07 Å². The van der Waals surface area contributed by atoms with E-state index in [0.29, 0.717) is 5.57 Å². The SMILES string of the molecule is CCOC(=O)/C(C#N)=C(/C=CCl)CCl. The Hall–Kier alpha value is -0.980. The minimum absolute atomic E-state index is 0.0327. The number of allylic oxidation sites excluding steroid dienone is 2. The maximum absolute atomic E-state index is 11.2. The molecule has 0 rings (SSSR count). The molecule has 14 heavy (non-hydrogen) atoms. The van der Waals surface area contributed by atoms with E-state index in [1.807, 2.05) is 0 Å². The minimum atomic E-state index is -0.680. The van der Waals surface area contributed by atoms with E-state index in [1.165, 1.54) is 11.6 Å². The average molecular weight is 234 g/mol. The van der Waals surface area contributed by atoms with Crippen LogP contribution in [0.25, 0.3) is 0 Å². The monoisotopic (exact) mass is 233 g/mol.